The third-order valence-corrected chi connectivity index (χ3v) is 4.59. The zero-order chi connectivity index (χ0) is 14.5. The van der Waals surface area contributed by atoms with E-state index in [2.05, 4.69) is 31.0 Å². The Kier molecular flexibility index (Phi) is 5.85. The Morgan fingerprint density at radius 2 is 1.90 bits per heavy atom. The maximum Gasteiger partial charge on any atom is 0.224 e. The number of ether oxygens (including phenoxy) is 1. The van der Waals surface area contributed by atoms with Gasteiger partial charge in [-0.2, -0.15) is 0 Å². The fourth-order valence-corrected chi connectivity index (χ4v) is 3.57. The normalized spacial score (nSPS) is 35.0. The van der Waals surface area contributed by atoms with E-state index in [1.165, 1.54) is 12.8 Å². The van der Waals surface area contributed by atoms with E-state index in [1.807, 2.05) is 0 Å². The quantitative estimate of drug-likeness (QED) is 0.860. The summed E-state index contributed by atoms with van der Waals surface area (Å²) < 4.78 is 5.74. The van der Waals surface area contributed by atoms with E-state index in [0.29, 0.717) is 36.6 Å². The van der Waals surface area contributed by atoms with Gasteiger partial charge in [0, 0.05) is 31.6 Å². The summed E-state index contributed by atoms with van der Waals surface area (Å²) in [6.45, 7) is 8.18. The van der Waals surface area contributed by atoms with Crippen molar-refractivity contribution in [3.8, 4) is 0 Å². The van der Waals surface area contributed by atoms with Crippen molar-refractivity contribution in [2.24, 2.45) is 0 Å². The van der Waals surface area contributed by atoms with Gasteiger partial charge in [-0.15, -0.1) is 0 Å². The first-order valence-electron chi connectivity index (χ1n) is 8.24. The van der Waals surface area contributed by atoms with Gasteiger partial charge in [-0.1, -0.05) is 0 Å². The fourth-order valence-electron chi connectivity index (χ4n) is 3.57. The van der Waals surface area contributed by atoms with Gasteiger partial charge in [0.15, 0.2) is 0 Å². The van der Waals surface area contributed by atoms with Gasteiger partial charge in [-0.25, -0.2) is 0 Å². The molecule has 0 aromatic heterocycles. The molecule has 1 amide bonds. The standard InChI is InChI=1S/C16H30N2O2/c1-12-6-4-5-9-18(12)16(19)7-8-17-15-10-13(2)20-14(3)11-15/h12-15,17H,4-11H2,1-3H3. The smallest absolute Gasteiger partial charge is 0.224 e. The maximum atomic E-state index is 12.2. The van der Waals surface area contributed by atoms with Crippen LogP contribution in [0.15, 0.2) is 0 Å². The SMILES string of the molecule is CC1CC(NCCC(=O)N2CCCCC2C)CC(C)O1. The molecular weight excluding hydrogens is 252 g/mol. The second kappa shape index (κ2) is 7.41. The lowest BCUT2D eigenvalue weighted by atomic mass is 9.99. The van der Waals surface area contributed by atoms with Gasteiger partial charge >= 0.3 is 0 Å². The van der Waals surface area contributed by atoms with Gasteiger partial charge in [0.25, 0.3) is 0 Å². The molecule has 3 atom stereocenters. The van der Waals surface area contributed by atoms with Crippen LogP contribution < -0.4 is 5.32 Å². The summed E-state index contributed by atoms with van der Waals surface area (Å²) in [6, 6.07) is 0.930. The average molecular weight is 282 g/mol. The number of carbonyl (C=O) groups excluding carboxylic acids is 1. The third kappa shape index (κ3) is 4.45. The minimum atomic E-state index is 0.317. The number of hydrogen-bond donors (Lipinski definition) is 1. The van der Waals surface area contributed by atoms with Crippen LogP contribution in [0.4, 0.5) is 0 Å². The molecule has 0 saturated carbocycles. The highest BCUT2D eigenvalue weighted by Crippen LogP contribution is 2.19. The summed E-state index contributed by atoms with van der Waals surface area (Å²) in [5, 5.41) is 3.54. The summed E-state index contributed by atoms with van der Waals surface area (Å²) in [5.74, 6) is 0.317. The van der Waals surface area contributed by atoms with Crippen LogP contribution in [0.3, 0.4) is 0 Å². The highest BCUT2D eigenvalue weighted by atomic mass is 16.5. The van der Waals surface area contributed by atoms with E-state index in [9.17, 15) is 4.79 Å². The Labute approximate surface area is 123 Å². The van der Waals surface area contributed by atoms with E-state index in [4.69, 9.17) is 4.74 Å². The molecule has 2 heterocycles. The van der Waals surface area contributed by atoms with E-state index in [1.54, 1.807) is 0 Å². The van der Waals surface area contributed by atoms with E-state index in [0.717, 1.165) is 32.4 Å². The number of likely N-dealkylation sites (tertiary alicyclic amines) is 1. The van der Waals surface area contributed by atoms with Gasteiger partial charge in [0.2, 0.25) is 5.91 Å². The van der Waals surface area contributed by atoms with Crippen molar-refractivity contribution in [3.63, 3.8) is 0 Å². The number of rotatable bonds is 4. The molecule has 2 aliphatic heterocycles. The lowest BCUT2D eigenvalue weighted by molar-refractivity contribution is -0.134. The predicted octanol–water partition coefficient (Wildman–Crippen LogP) is 2.32. The molecule has 0 aromatic carbocycles. The fraction of sp³-hybridized carbons (Fsp3) is 0.938. The number of nitrogens with zero attached hydrogens (tertiary/aromatic N) is 1. The average Bonchev–Trinajstić information content (AvgIpc) is 2.38. The second-order valence-corrected chi connectivity index (χ2v) is 6.56. The summed E-state index contributed by atoms with van der Waals surface area (Å²) in [5.41, 5.74) is 0. The summed E-state index contributed by atoms with van der Waals surface area (Å²) in [7, 11) is 0. The monoisotopic (exact) mass is 282 g/mol. The van der Waals surface area contributed by atoms with Crippen LogP contribution in [-0.4, -0.2) is 48.2 Å². The number of nitrogens with one attached hydrogen (secondary N) is 1. The van der Waals surface area contributed by atoms with E-state index in [-0.39, 0.29) is 0 Å². The van der Waals surface area contributed by atoms with Crippen LogP contribution in [-0.2, 0) is 9.53 Å². The minimum absolute atomic E-state index is 0.317. The van der Waals surface area contributed by atoms with Gasteiger partial charge in [-0.05, 0) is 52.9 Å². The van der Waals surface area contributed by atoms with Crippen molar-refractivity contribution in [3.05, 3.63) is 0 Å². The first-order chi connectivity index (χ1) is 9.56. The number of amides is 1. The molecule has 0 bridgehead atoms. The Bertz CT molecular complexity index is 312. The summed E-state index contributed by atoms with van der Waals surface area (Å²) >= 11 is 0. The van der Waals surface area contributed by atoms with E-state index < -0.39 is 0 Å². The molecule has 0 aromatic rings. The van der Waals surface area contributed by atoms with Crippen LogP contribution in [0.5, 0.6) is 0 Å². The maximum absolute atomic E-state index is 12.2. The molecule has 2 rings (SSSR count). The van der Waals surface area contributed by atoms with Crippen molar-refractivity contribution in [2.75, 3.05) is 13.1 Å². The van der Waals surface area contributed by atoms with Gasteiger partial charge in [-0.3, -0.25) is 4.79 Å². The Balaban J connectivity index is 1.68. The van der Waals surface area contributed by atoms with Crippen molar-refractivity contribution < 1.29 is 9.53 Å². The van der Waals surface area contributed by atoms with Gasteiger partial charge in [0.05, 0.1) is 12.2 Å². The molecule has 2 aliphatic rings. The van der Waals surface area contributed by atoms with Crippen molar-refractivity contribution in [2.45, 2.75) is 83.6 Å². The first kappa shape index (κ1) is 15.8. The summed E-state index contributed by atoms with van der Waals surface area (Å²) in [4.78, 5) is 14.3. The molecule has 2 saturated heterocycles. The largest absolute Gasteiger partial charge is 0.375 e. The van der Waals surface area contributed by atoms with Crippen LogP contribution in [0.2, 0.25) is 0 Å². The zero-order valence-corrected chi connectivity index (χ0v) is 13.2. The minimum Gasteiger partial charge on any atom is -0.375 e. The van der Waals surface area contributed by atoms with Crippen LogP contribution in [0.25, 0.3) is 0 Å². The van der Waals surface area contributed by atoms with Crippen molar-refractivity contribution in [1.29, 1.82) is 0 Å². The molecule has 20 heavy (non-hydrogen) atoms. The van der Waals surface area contributed by atoms with E-state index >= 15 is 0 Å². The molecule has 0 aliphatic carbocycles. The highest BCUT2D eigenvalue weighted by Gasteiger charge is 2.25. The number of piperidine rings is 1. The molecule has 1 N–H and O–H groups in total. The van der Waals surface area contributed by atoms with Crippen LogP contribution in [0.1, 0.15) is 59.3 Å². The number of carbonyl (C=O) groups is 1. The molecule has 0 radical (unpaired) electrons. The highest BCUT2D eigenvalue weighted by molar-refractivity contribution is 5.76. The summed E-state index contributed by atoms with van der Waals surface area (Å²) in [6.07, 6.45) is 6.98. The first-order valence-corrected chi connectivity index (χ1v) is 8.24. The Hall–Kier alpha value is -0.610. The van der Waals surface area contributed by atoms with Gasteiger partial charge < -0.3 is 15.0 Å². The molecule has 4 nitrogen and oxygen atoms in total. The molecule has 3 unspecified atom stereocenters. The Morgan fingerprint density at radius 1 is 1.20 bits per heavy atom. The molecular formula is C16H30N2O2. The lowest BCUT2D eigenvalue weighted by Crippen LogP contribution is -2.45. The van der Waals surface area contributed by atoms with Crippen molar-refractivity contribution in [1.82, 2.24) is 10.2 Å². The van der Waals surface area contributed by atoms with Crippen molar-refractivity contribution >= 4 is 5.91 Å². The topological polar surface area (TPSA) is 41.6 Å². The molecule has 4 heteroatoms. The molecule has 2 fully saturated rings. The predicted molar refractivity (Wildman–Crippen MR) is 80.7 cm³/mol. The second-order valence-electron chi connectivity index (χ2n) is 6.56. The van der Waals surface area contributed by atoms with Crippen LogP contribution >= 0.6 is 0 Å². The third-order valence-electron chi connectivity index (χ3n) is 4.59. The molecule has 116 valence electrons. The Morgan fingerprint density at radius 3 is 2.55 bits per heavy atom. The zero-order valence-electron chi connectivity index (χ0n) is 13.2. The van der Waals surface area contributed by atoms with Crippen LogP contribution in [0, 0.1) is 0 Å². The molecule has 0 spiro atoms. The number of hydrogen-bond acceptors (Lipinski definition) is 3. The van der Waals surface area contributed by atoms with Gasteiger partial charge in [0.1, 0.15) is 0 Å². The lowest BCUT2D eigenvalue weighted by Gasteiger charge is -2.34.